The number of benzene rings is 2. The number of carboxylic acids is 1. The SMILES string of the molecule is CCC=c1[nH]n(-c2ccccc2)c(=O)c1=Cc1ccc(OCC(=O)[O-])c(OCC)c1. The van der Waals surface area contributed by atoms with Gasteiger partial charge in [-0.15, -0.1) is 0 Å². The molecule has 0 aliphatic carbocycles. The number of H-pyrrole nitrogens is 1. The van der Waals surface area contributed by atoms with E-state index < -0.39 is 12.6 Å². The van der Waals surface area contributed by atoms with E-state index in [1.165, 1.54) is 4.68 Å². The lowest BCUT2D eigenvalue weighted by atomic mass is 10.1. The van der Waals surface area contributed by atoms with E-state index in [0.29, 0.717) is 23.3 Å². The van der Waals surface area contributed by atoms with Gasteiger partial charge < -0.3 is 19.4 Å². The smallest absolute Gasteiger partial charge is 0.279 e. The van der Waals surface area contributed by atoms with Crippen LogP contribution in [-0.4, -0.2) is 29.0 Å². The zero-order valence-electron chi connectivity index (χ0n) is 16.9. The Morgan fingerprint density at radius 2 is 1.87 bits per heavy atom. The van der Waals surface area contributed by atoms with Gasteiger partial charge in [-0.1, -0.05) is 37.3 Å². The minimum absolute atomic E-state index is 0.170. The molecule has 0 atom stereocenters. The van der Waals surface area contributed by atoms with Crippen LogP contribution in [0.15, 0.2) is 53.3 Å². The Bertz CT molecular complexity index is 1190. The van der Waals surface area contributed by atoms with Crippen LogP contribution in [0.3, 0.4) is 0 Å². The predicted molar refractivity (Wildman–Crippen MR) is 112 cm³/mol. The van der Waals surface area contributed by atoms with E-state index in [4.69, 9.17) is 9.47 Å². The molecule has 0 spiro atoms. The number of carboxylic acid groups (broad SMARTS) is 1. The largest absolute Gasteiger partial charge is 0.546 e. The molecule has 1 aromatic heterocycles. The molecule has 7 nitrogen and oxygen atoms in total. The van der Waals surface area contributed by atoms with E-state index in [2.05, 4.69) is 5.10 Å². The minimum Gasteiger partial charge on any atom is -0.546 e. The second-order valence-corrected chi connectivity index (χ2v) is 6.47. The number of carbonyl (C=O) groups is 1. The molecular weight excluding hydrogens is 384 g/mol. The molecule has 0 unspecified atom stereocenters. The van der Waals surface area contributed by atoms with Crippen molar-refractivity contribution in [2.45, 2.75) is 20.3 Å². The van der Waals surface area contributed by atoms with Crippen LogP contribution in [0.25, 0.3) is 17.8 Å². The lowest BCUT2D eigenvalue weighted by Crippen LogP contribution is -2.34. The summed E-state index contributed by atoms with van der Waals surface area (Å²) in [5.41, 5.74) is 1.30. The minimum atomic E-state index is -1.32. The molecule has 30 heavy (non-hydrogen) atoms. The van der Waals surface area contributed by atoms with Crippen LogP contribution in [0.5, 0.6) is 11.5 Å². The second kappa shape index (κ2) is 9.65. The van der Waals surface area contributed by atoms with Crippen LogP contribution in [0.4, 0.5) is 0 Å². The van der Waals surface area contributed by atoms with Crippen molar-refractivity contribution in [3.05, 3.63) is 75.0 Å². The third-order valence-electron chi connectivity index (χ3n) is 4.30. The molecule has 7 heteroatoms. The first-order valence-corrected chi connectivity index (χ1v) is 9.71. The Kier molecular flexibility index (Phi) is 6.75. The van der Waals surface area contributed by atoms with E-state index in [1.54, 1.807) is 24.3 Å². The van der Waals surface area contributed by atoms with Gasteiger partial charge in [-0.25, -0.2) is 4.68 Å². The third-order valence-corrected chi connectivity index (χ3v) is 4.30. The summed E-state index contributed by atoms with van der Waals surface area (Å²) < 4.78 is 12.3. The molecule has 3 aromatic rings. The number of hydrogen-bond acceptors (Lipinski definition) is 5. The summed E-state index contributed by atoms with van der Waals surface area (Å²) in [5.74, 6) is -0.622. The maximum Gasteiger partial charge on any atom is 0.279 e. The average Bonchev–Trinajstić information content (AvgIpc) is 3.04. The fourth-order valence-electron chi connectivity index (χ4n) is 3.03. The van der Waals surface area contributed by atoms with Gasteiger partial charge in [0.05, 0.1) is 28.8 Å². The molecule has 156 valence electrons. The molecule has 0 amide bonds. The molecule has 1 heterocycles. The molecule has 0 radical (unpaired) electrons. The van der Waals surface area contributed by atoms with Crippen molar-refractivity contribution in [1.29, 1.82) is 0 Å². The molecule has 0 saturated heterocycles. The van der Waals surface area contributed by atoms with Crippen LogP contribution >= 0.6 is 0 Å². The van der Waals surface area contributed by atoms with E-state index in [1.807, 2.05) is 50.3 Å². The van der Waals surface area contributed by atoms with Gasteiger partial charge in [0.25, 0.3) is 5.56 Å². The standard InChI is InChI=1S/C23H24N2O5/c1-3-8-19-18(23(28)25(24-19)17-9-6-5-7-10-17)13-16-11-12-20(30-15-22(26)27)21(14-16)29-4-2/h5-14,24H,3-4,15H2,1-2H3,(H,26,27)/p-1. The summed E-state index contributed by atoms with van der Waals surface area (Å²) in [7, 11) is 0. The van der Waals surface area contributed by atoms with E-state index >= 15 is 0 Å². The number of nitrogens with one attached hydrogen (secondary N) is 1. The quantitative estimate of drug-likeness (QED) is 0.593. The number of nitrogens with zero attached hydrogens (tertiary/aromatic N) is 1. The van der Waals surface area contributed by atoms with E-state index in [-0.39, 0.29) is 5.56 Å². The van der Waals surface area contributed by atoms with Gasteiger partial charge in [0, 0.05) is 0 Å². The van der Waals surface area contributed by atoms with Crippen LogP contribution in [0.1, 0.15) is 25.8 Å². The second-order valence-electron chi connectivity index (χ2n) is 6.47. The van der Waals surface area contributed by atoms with Crippen LogP contribution in [-0.2, 0) is 4.79 Å². The first kappa shape index (κ1) is 21.0. The molecule has 0 aliphatic rings. The Morgan fingerprint density at radius 3 is 2.53 bits per heavy atom. The van der Waals surface area contributed by atoms with Gasteiger partial charge in [-0.3, -0.25) is 9.89 Å². The van der Waals surface area contributed by atoms with Crippen molar-refractivity contribution >= 4 is 18.1 Å². The van der Waals surface area contributed by atoms with Crippen molar-refractivity contribution < 1.29 is 19.4 Å². The molecule has 2 aromatic carbocycles. The highest BCUT2D eigenvalue weighted by Crippen LogP contribution is 2.28. The summed E-state index contributed by atoms with van der Waals surface area (Å²) in [6.07, 6.45) is 4.48. The maximum atomic E-state index is 13.1. The van der Waals surface area contributed by atoms with Gasteiger partial charge in [0.2, 0.25) is 0 Å². The summed E-state index contributed by atoms with van der Waals surface area (Å²) in [5, 5.41) is 15.1. The third kappa shape index (κ3) is 4.81. The monoisotopic (exact) mass is 407 g/mol. The van der Waals surface area contributed by atoms with Gasteiger partial charge in [-0.05, 0) is 49.2 Å². The lowest BCUT2D eigenvalue weighted by molar-refractivity contribution is -0.307. The highest BCUT2D eigenvalue weighted by molar-refractivity contribution is 5.66. The number of aromatic nitrogens is 2. The highest BCUT2D eigenvalue weighted by atomic mass is 16.5. The summed E-state index contributed by atoms with van der Waals surface area (Å²) in [6, 6.07) is 14.4. The predicted octanol–water partition coefficient (Wildman–Crippen LogP) is 0.712. The fraction of sp³-hybridized carbons (Fsp3) is 0.217. The molecule has 0 fully saturated rings. The van der Waals surface area contributed by atoms with Crippen LogP contribution in [0.2, 0.25) is 0 Å². The Hall–Kier alpha value is -3.74. The van der Waals surface area contributed by atoms with Crippen molar-refractivity contribution in [3.63, 3.8) is 0 Å². The van der Waals surface area contributed by atoms with Crippen molar-refractivity contribution in [2.75, 3.05) is 13.2 Å². The maximum absolute atomic E-state index is 13.1. The van der Waals surface area contributed by atoms with Gasteiger partial charge in [0.1, 0.15) is 6.61 Å². The number of aliphatic carboxylic acids is 1. The number of ether oxygens (including phenoxy) is 2. The summed E-state index contributed by atoms with van der Waals surface area (Å²) in [4.78, 5) is 23.8. The molecule has 0 bridgehead atoms. The molecule has 0 aliphatic heterocycles. The zero-order valence-corrected chi connectivity index (χ0v) is 16.9. The van der Waals surface area contributed by atoms with Crippen LogP contribution in [0, 0.1) is 0 Å². The van der Waals surface area contributed by atoms with Gasteiger partial charge >= 0.3 is 0 Å². The van der Waals surface area contributed by atoms with Gasteiger partial charge in [-0.2, -0.15) is 0 Å². The van der Waals surface area contributed by atoms with Crippen molar-refractivity contribution in [3.8, 4) is 17.2 Å². The molecule has 0 saturated carbocycles. The topological polar surface area (TPSA) is 96.4 Å². The van der Waals surface area contributed by atoms with Crippen molar-refractivity contribution in [2.24, 2.45) is 0 Å². The number of rotatable bonds is 8. The fourth-order valence-corrected chi connectivity index (χ4v) is 3.03. The normalized spacial score (nSPS) is 12.2. The Morgan fingerprint density at radius 1 is 1.10 bits per heavy atom. The number of para-hydroxylation sites is 1. The van der Waals surface area contributed by atoms with Crippen LogP contribution < -0.4 is 30.7 Å². The van der Waals surface area contributed by atoms with Gasteiger partial charge in [0.15, 0.2) is 11.5 Å². The first-order chi connectivity index (χ1) is 14.5. The Labute approximate surface area is 173 Å². The average molecular weight is 407 g/mol. The molecule has 1 N–H and O–H groups in total. The highest BCUT2D eigenvalue weighted by Gasteiger charge is 2.08. The summed E-state index contributed by atoms with van der Waals surface area (Å²) in [6.45, 7) is 3.62. The number of hydrogen-bond donors (Lipinski definition) is 1. The van der Waals surface area contributed by atoms with E-state index in [9.17, 15) is 14.7 Å². The first-order valence-electron chi connectivity index (χ1n) is 9.71. The summed E-state index contributed by atoms with van der Waals surface area (Å²) >= 11 is 0. The van der Waals surface area contributed by atoms with Crippen molar-refractivity contribution in [1.82, 2.24) is 9.78 Å². The Balaban J connectivity index is 2.11. The van der Waals surface area contributed by atoms with E-state index in [0.717, 1.165) is 23.0 Å². The zero-order chi connectivity index (χ0) is 21.5. The number of aromatic amines is 1. The number of carbonyl (C=O) groups excluding carboxylic acids is 1. The molecular formula is C23H23N2O5-. The molecule has 3 rings (SSSR count). The lowest BCUT2D eigenvalue weighted by Gasteiger charge is -2.12.